The first kappa shape index (κ1) is 16.5. The van der Waals surface area contributed by atoms with Crippen LogP contribution in [0.5, 0.6) is 11.5 Å². The molecule has 0 aliphatic carbocycles. The van der Waals surface area contributed by atoms with Crippen LogP contribution in [0.4, 0.5) is 0 Å². The number of methoxy groups -OCH3 is 1. The summed E-state index contributed by atoms with van der Waals surface area (Å²) in [6.45, 7) is 2.71. The van der Waals surface area contributed by atoms with E-state index in [2.05, 4.69) is 0 Å². The molecule has 2 aromatic carbocycles. The lowest BCUT2D eigenvalue weighted by molar-refractivity contribution is -0.141. The minimum atomic E-state index is -0.222. The van der Waals surface area contributed by atoms with Gasteiger partial charge in [0.25, 0.3) is 0 Å². The number of hydrogen-bond acceptors (Lipinski definition) is 3. The third-order valence-corrected chi connectivity index (χ3v) is 4.46. The predicted octanol–water partition coefficient (Wildman–Crippen LogP) is 4.18. The van der Waals surface area contributed by atoms with Crippen molar-refractivity contribution >= 4 is 5.91 Å². The summed E-state index contributed by atoms with van der Waals surface area (Å²) in [6, 6.07) is 17.4. The predicted molar refractivity (Wildman–Crippen MR) is 93.1 cm³/mol. The molecule has 1 saturated heterocycles. The van der Waals surface area contributed by atoms with Crippen LogP contribution in [-0.2, 0) is 9.53 Å². The Morgan fingerprint density at radius 2 is 1.88 bits per heavy atom. The molecule has 1 aliphatic heterocycles. The number of amides is 1. The first-order chi connectivity index (χ1) is 11.7. The topological polar surface area (TPSA) is 38.8 Å². The molecule has 0 bridgehead atoms. The van der Waals surface area contributed by atoms with Gasteiger partial charge in [0.05, 0.1) is 5.92 Å². The molecule has 0 unspecified atom stereocenters. The highest BCUT2D eigenvalue weighted by Gasteiger charge is 2.31. The number of para-hydroxylation sites is 1. The van der Waals surface area contributed by atoms with Crippen molar-refractivity contribution in [3.63, 3.8) is 0 Å². The number of ether oxygens (including phenoxy) is 2. The number of benzene rings is 2. The maximum atomic E-state index is 12.8. The monoisotopic (exact) mass is 325 g/mol. The fraction of sp³-hybridized carbons (Fsp3) is 0.350. The maximum absolute atomic E-state index is 12.8. The molecule has 0 aromatic heterocycles. The van der Waals surface area contributed by atoms with Crippen molar-refractivity contribution in [3.05, 3.63) is 60.2 Å². The van der Waals surface area contributed by atoms with Crippen LogP contribution in [0, 0.1) is 0 Å². The quantitative estimate of drug-likeness (QED) is 0.828. The van der Waals surface area contributed by atoms with Gasteiger partial charge in [0.1, 0.15) is 17.7 Å². The van der Waals surface area contributed by atoms with Crippen molar-refractivity contribution < 1.29 is 14.3 Å². The van der Waals surface area contributed by atoms with E-state index < -0.39 is 0 Å². The summed E-state index contributed by atoms with van der Waals surface area (Å²) < 4.78 is 11.3. The number of nitrogens with zero attached hydrogens (tertiary/aromatic N) is 1. The van der Waals surface area contributed by atoms with Crippen LogP contribution in [-0.4, -0.2) is 30.7 Å². The second kappa shape index (κ2) is 7.49. The Labute approximate surface area is 143 Å². The van der Waals surface area contributed by atoms with Crippen molar-refractivity contribution in [1.82, 2.24) is 4.90 Å². The average Bonchev–Trinajstić information content (AvgIpc) is 3.10. The Morgan fingerprint density at radius 1 is 1.12 bits per heavy atom. The Balaban J connectivity index is 1.74. The van der Waals surface area contributed by atoms with Crippen molar-refractivity contribution in [2.75, 3.05) is 13.7 Å². The van der Waals surface area contributed by atoms with Crippen LogP contribution in [0.2, 0.25) is 0 Å². The summed E-state index contributed by atoms with van der Waals surface area (Å²) in [7, 11) is 1.66. The Kier molecular flexibility index (Phi) is 5.16. The molecule has 24 heavy (non-hydrogen) atoms. The number of carbonyl (C=O) groups excluding carboxylic acids is 1. The minimum Gasteiger partial charge on any atom is -0.457 e. The summed E-state index contributed by atoms with van der Waals surface area (Å²) in [5.41, 5.74) is 0.954. The smallest absolute Gasteiger partial charge is 0.231 e. The standard InChI is InChI=1S/C20H23NO3/c1-15(20(22)21-13-7-12-19(21)23-2)16-8-6-11-18(14-16)24-17-9-4-3-5-10-17/h3-6,8-11,14-15,19H,7,12-13H2,1-2H3/t15-,19-/m0/s1. The van der Waals surface area contributed by atoms with Crippen molar-refractivity contribution in [2.45, 2.75) is 31.9 Å². The molecule has 1 aliphatic rings. The Bertz CT molecular complexity index is 686. The third-order valence-electron chi connectivity index (χ3n) is 4.46. The summed E-state index contributed by atoms with van der Waals surface area (Å²) in [6.07, 6.45) is 1.81. The van der Waals surface area contributed by atoms with E-state index in [0.29, 0.717) is 0 Å². The molecule has 0 spiro atoms. The highest BCUT2D eigenvalue weighted by Crippen LogP contribution is 2.28. The van der Waals surface area contributed by atoms with Gasteiger partial charge in [-0.15, -0.1) is 0 Å². The van der Waals surface area contributed by atoms with Crippen LogP contribution < -0.4 is 4.74 Å². The summed E-state index contributed by atoms with van der Waals surface area (Å²) >= 11 is 0. The highest BCUT2D eigenvalue weighted by atomic mass is 16.5. The lowest BCUT2D eigenvalue weighted by atomic mass is 9.99. The van der Waals surface area contributed by atoms with Gasteiger partial charge < -0.3 is 14.4 Å². The van der Waals surface area contributed by atoms with Crippen molar-refractivity contribution in [3.8, 4) is 11.5 Å². The van der Waals surface area contributed by atoms with Gasteiger partial charge in [-0.05, 0) is 49.6 Å². The molecule has 0 saturated carbocycles. The van der Waals surface area contributed by atoms with Gasteiger partial charge >= 0.3 is 0 Å². The van der Waals surface area contributed by atoms with E-state index in [-0.39, 0.29) is 18.1 Å². The molecule has 4 heteroatoms. The molecule has 2 aromatic rings. The summed E-state index contributed by atoms with van der Waals surface area (Å²) in [5.74, 6) is 1.41. The molecule has 1 fully saturated rings. The fourth-order valence-electron chi connectivity index (χ4n) is 3.10. The van der Waals surface area contributed by atoms with Crippen LogP contribution in [0.25, 0.3) is 0 Å². The number of rotatable bonds is 5. The fourth-order valence-corrected chi connectivity index (χ4v) is 3.10. The second-order valence-corrected chi connectivity index (χ2v) is 6.07. The molecule has 4 nitrogen and oxygen atoms in total. The second-order valence-electron chi connectivity index (χ2n) is 6.07. The number of carbonyl (C=O) groups is 1. The van der Waals surface area contributed by atoms with Crippen molar-refractivity contribution in [2.24, 2.45) is 0 Å². The molecule has 1 amide bonds. The Hall–Kier alpha value is -2.33. The van der Waals surface area contributed by atoms with E-state index in [9.17, 15) is 4.79 Å². The largest absolute Gasteiger partial charge is 0.457 e. The Morgan fingerprint density at radius 3 is 2.62 bits per heavy atom. The van der Waals surface area contributed by atoms with E-state index in [4.69, 9.17) is 9.47 Å². The van der Waals surface area contributed by atoms with E-state index in [0.717, 1.165) is 36.4 Å². The maximum Gasteiger partial charge on any atom is 0.231 e. The van der Waals surface area contributed by atoms with Crippen LogP contribution in [0.1, 0.15) is 31.2 Å². The molecular formula is C20H23NO3. The van der Waals surface area contributed by atoms with Crippen LogP contribution in [0.15, 0.2) is 54.6 Å². The van der Waals surface area contributed by atoms with E-state index in [1.807, 2.05) is 66.4 Å². The zero-order valence-corrected chi connectivity index (χ0v) is 14.1. The van der Waals surface area contributed by atoms with Crippen LogP contribution >= 0.6 is 0 Å². The zero-order valence-electron chi connectivity index (χ0n) is 14.1. The normalized spacial score (nSPS) is 18.4. The first-order valence-electron chi connectivity index (χ1n) is 8.35. The molecule has 1 heterocycles. The van der Waals surface area contributed by atoms with Gasteiger partial charge in [-0.25, -0.2) is 0 Å². The van der Waals surface area contributed by atoms with Gasteiger partial charge in [-0.2, -0.15) is 0 Å². The van der Waals surface area contributed by atoms with Gasteiger partial charge in [0, 0.05) is 13.7 Å². The summed E-state index contributed by atoms with van der Waals surface area (Å²) in [5, 5.41) is 0. The SMILES string of the molecule is CO[C@H]1CCCN1C(=O)[C@@H](C)c1cccc(Oc2ccccc2)c1. The van der Waals surface area contributed by atoms with Gasteiger partial charge in [0.15, 0.2) is 0 Å². The molecule has 3 rings (SSSR count). The molecule has 0 N–H and O–H groups in total. The van der Waals surface area contributed by atoms with Crippen molar-refractivity contribution in [1.29, 1.82) is 0 Å². The average molecular weight is 325 g/mol. The number of likely N-dealkylation sites (tertiary alicyclic amines) is 1. The first-order valence-corrected chi connectivity index (χ1v) is 8.35. The lowest BCUT2D eigenvalue weighted by Crippen LogP contribution is -2.39. The van der Waals surface area contributed by atoms with Gasteiger partial charge in [-0.3, -0.25) is 4.79 Å². The zero-order chi connectivity index (χ0) is 16.9. The molecule has 126 valence electrons. The molecule has 2 atom stereocenters. The van der Waals surface area contributed by atoms with E-state index >= 15 is 0 Å². The lowest BCUT2D eigenvalue weighted by Gasteiger charge is -2.26. The molecular weight excluding hydrogens is 302 g/mol. The number of hydrogen-bond donors (Lipinski definition) is 0. The molecule has 0 radical (unpaired) electrons. The van der Waals surface area contributed by atoms with Gasteiger partial charge in [0.2, 0.25) is 5.91 Å². The minimum absolute atomic E-state index is 0.0938. The van der Waals surface area contributed by atoms with Crippen LogP contribution in [0.3, 0.4) is 0 Å². The highest BCUT2D eigenvalue weighted by molar-refractivity contribution is 5.83. The van der Waals surface area contributed by atoms with E-state index in [1.165, 1.54) is 0 Å². The van der Waals surface area contributed by atoms with Gasteiger partial charge in [-0.1, -0.05) is 30.3 Å². The third kappa shape index (κ3) is 3.60. The van der Waals surface area contributed by atoms with E-state index in [1.54, 1.807) is 7.11 Å². The summed E-state index contributed by atoms with van der Waals surface area (Å²) in [4.78, 5) is 14.6.